The van der Waals surface area contributed by atoms with Crippen molar-refractivity contribution in [2.24, 2.45) is 0 Å². The lowest BCUT2D eigenvalue weighted by Crippen LogP contribution is -2.10. The third kappa shape index (κ3) is 4.06. The molecule has 0 saturated heterocycles. The van der Waals surface area contributed by atoms with Gasteiger partial charge in [0.2, 0.25) is 0 Å². The molecule has 0 aliphatic carbocycles. The van der Waals surface area contributed by atoms with Gasteiger partial charge in [0.15, 0.2) is 5.76 Å². The summed E-state index contributed by atoms with van der Waals surface area (Å²) < 4.78 is 5.65. The lowest BCUT2D eigenvalue weighted by Gasteiger charge is -2.07. The van der Waals surface area contributed by atoms with E-state index in [-0.39, 0.29) is 11.7 Å². The Labute approximate surface area is 156 Å². The number of halogens is 2. The second kappa shape index (κ2) is 7.34. The fraction of sp³-hybridized carbons (Fsp3) is 0.150. The number of furan rings is 1. The lowest BCUT2D eigenvalue weighted by molar-refractivity contribution is 0.0997. The van der Waals surface area contributed by atoms with Crippen molar-refractivity contribution in [3.05, 3.63) is 76.0 Å². The zero-order chi connectivity index (χ0) is 18.0. The van der Waals surface area contributed by atoms with Gasteiger partial charge >= 0.3 is 0 Å². The predicted octanol–water partition coefficient (Wildman–Crippen LogP) is 6.63. The van der Waals surface area contributed by atoms with Crippen LogP contribution in [0.4, 0.5) is 5.69 Å². The summed E-state index contributed by atoms with van der Waals surface area (Å²) >= 11 is 12.1. The van der Waals surface area contributed by atoms with Crippen molar-refractivity contribution in [2.45, 2.75) is 19.8 Å². The first-order chi connectivity index (χ1) is 11.9. The number of hydrogen-bond donors (Lipinski definition) is 1. The third-order valence-corrected chi connectivity index (χ3v) is 4.41. The molecule has 1 amide bonds. The third-order valence-electron chi connectivity index (χ3n) is 3.86. The zero-order valence-corrected chi connectivity index (χ0v) is 15.4. The summed E-state index contributed by atoms with van der Waals surface area (Å²) in [7, 11) is 0. The molecule has 0 aliphatic rings. The van der Waals surface area contributed by atoms with Crippen LogP contribution < -0.4 is 5.32 Å². The first kappa shape index (κ1) is 17.6. The highest BCUT2D eigenvalue weighted by molar-refractivity contribution is 6.36. The Hall–Kier alpha value is -2.23. The summed E-state index contributed by atoms with van der Waals surface area (Å²) in [6, 6.07) is 16.2. The van der Waals surface area contributed by atoms with E-state index in [1.54, 1.807) is 30.3 Å². The van der Waals surface area contributed by atoms with Crippen LogP contribution in [0, 0.1) is 0 Å². The van der Waals surface area contributed by atoms with Gasteiger partial charge in [-0.15, -0.1) is 0 Å². The molecule has 0 spiro atoms. The number of hydrogen-bond acceptors (Lipinski definition) is 2. The second-order valence-electron chi connectivity index (χ2n) is 6.02. The van der Waals surface area contributed by atoms with E-state index in [2.05, 4.69) is 19.2 Å². The maximum absolute atomic E-state index is 12.4. The van der Waals surface area contributed by atoms with Crippen LogP contribution in [0.25, 0.3) is 11.3 Å². The molecule has 3 rings (SSSR count). The van der Waals surface area contributed by atoms with Crippen LogP contribution >= 0.6 is 23.2 Å². The number of amides is 1. The molecule has 0 fully saturated rings. The zero-order valence-electron chi connectivity index (χ0n) is 13.8. The molecule has 1 aromatic heterocycles. The molecule has 0 atom stereocenters. The van der Waals surface area contributed by atoms with Crippen molar-refractivity contribution >= 4 is 34.8 Å². The summed E-state index contributed by atoms with van der Waals surface area (Å²) in [5.41, 5.74) is 2.62. The van der Waals surface area contributed by atoms with Crippen molar-refractivity contribution in [1.82, 2.24) is 0 Å². The largest absolute Gasteiger partial charge is 0.451 e. The highest BCUT2D eigenvalue weighted by Crippen LogP contribution is 2.31. The Morgan fingerprint density at radius 2 is 1.72 bits per heavy atom. The number of carbonyl (C=O) groups is 1. The molecule has 128 valence electrons. The van der Waals surface area contributed by atoms with E-state index >= 15 is 0 Å². The quantitative estimate of drug-likeness (QED) is 0.557. The van der Waals surface area contributed by atoms with E-state index in [9.17, 15) is 4.79 Å². The molecule has 1 N–H and O–H groups in total. The van der Waals surface area contributed by atoms with E-state index in [1.807, 2.05) is 24.3 Å². The molecule has 0 aliphatic heterocycles. The van der Waals surface area contributed by atoms with Gasteiger partial charge in [-0.2, -0.15) is 0 Å². The average Bonchev–Trinajstić information content (AvgIpc) is 3.05. The van der Waals surface area contributed by atoms with Gasteiger partial charge in [0.05, 0.1) is 5.02 Å². The van der Waals surface area contributed by atoms with Gasteiger partial charge in [0, 0.05) is 16.3 Å². The molecule has 3 aromatic rings. The summed E-state index contributed by atoms with van der Waals surface area (Å²) in [5.74, 6) is 0.867. The molecule has 25 heavy (non-hydrogen) atoms. The van der Waals surface area contributed by atoms with Gasteiger partial charge in [0.25, 0.3) is 5.91 Å². The van der Waals surface area contributed by atoms with Crippen LogP contribution in [0.5, 0.6) is 0 Å². The Bertz CT molecular complexity index is 898. The minimum Gasteiger partial charge on any atom is -0.451 e. The number of nitrogens with one attached hydrogen (secondary N) is 1. The van der Waals surface area contributed by atoms with Crippen LogP contribution in [0.1, 0.15) is 35.9 Å². The van der Waals surface area contributed by atoms with Crippen LogP contribution in [0.15, 0.2) is 59.0 Å². The fourth-order valence-corrected chi connectivity index (χ4v) is 2.94. The first-order valence-electron chi connectivity index (χ1n) is 7.90. The summed E-state index contributed by atoms with van der Waals surface area (Å²) in [6.45, 7) is 4.25. The van der Waals surface area contributed by atoms with Crippen molar-refractivity contribution in [1.29, 1.82) is 0 Å². The van der Waals surface area contributed by atoms with Gasteiger partial charge in [-0.25, -0.2) is 0 Å². The predicted molar refractivity (Wildman–Crippen MR) is 103 cm³/mol. The average molecular weight is 374 g/mol. The molecule has 2 aromatic carbocycles. The van der Waals surface area contributed by atoms with Crippen LogP contribution in [-0.2, 0) is 0 Å². The minimum absolute atomic E-state index is 0.217. The van der Waals surface area contributed by atoms with Crippen LogP contribution in [-0.4, -0.2) is 5.91 Å². The normalized spacial score (nSPS) is 10.9. The number of rotatable bonds is 4. The second-order valence-corrected chi connectivity index (χ2v) is 6.86. The monoisotopic (exact) mass is 373 g/mol. The summed E-state index contributed by atoms with van der Waals surface area (Å²) in [6.07, 6.45) is 0. The Morgan fingerprint density at radius 3 is 2.36 bits per heavy atom. The van der Waals surface area contributed by atoms with Crippen molar-refractivity contribution in [3.63, 3.8) is 0 Å². The highest BCUT2D eigenvalue weighted by atomic mass is 35.5. The van der Waals surface area contributed by atoms with Crippen molar-refractivity contribution < 1.29 is 9.21 Å². The number of carbonyl (C=O) groups excluding carboxylic acids is 1. The van der Waals surface area contributed by atoms with Gasteiger partial charge in [-0.05, 0) is 53.9 Å². The molecule has 0 unspecified atom stereocenters. The van der Waals surface area contributed by atoms with E-state index in [0.29, 0.717) is 27.3 Å². The van der Waals surface area contributed by atoms with E-state index < -0.39 is 0 Å². The van der Waals surface area contributed by atoms with Gasteiger partial charge < -0.3 is 9.73 Å². The van der Waals surface area contributed by atoms with Crippen LogP contribution in [0.2, 0.25) is 10.0 Å². The maximum Gasteiger partial charge on any atom is 0.291 e. The Balaban J connectivity index is 1.76. The Kier molecular flexibility index (Phi) is 5.16. The van der Waals surface area contributed by atoms with E-state index in [1.165, 1.54) is 5.56 Å². The maximum atomic E-state index is 12.4. The smallest absolute Gasteiger partial charge is 0.291 e. The van der Waals surface area contributed by atoms with Crippen LogP contribution in [0.3, 0.4) is 0 Å². The lowest BCUT2D eigenvalue weighted by atomic mass is 10.0. The first-order valence-corrected chi connectivity index (χ1v) is 8.66. The summed E-state index contributed by atoms with van der Waals surface area (Å²) in [4.78, 5) is 12.4. The van der Waals surface area contributed by atoms with Gasteiger partial charge in [0.1, 0.15) is 5.76 Å². The van der Waals surface area contributed by atoms with Gasteiger partial charge in [-0.3, -0.25) is 4.79 Å². The topological polar surface area (TPSA) is 42.2 Å². The molecule has 3 nitrogen and oxygen atoms in total. The molecule has 5 heteroatoms. The summed E-state index contributed by atoms with van der Waals surface area (Å²) in [5, 5.41) is 3.84. The van der Waals surface area contributed by atoms with E-state index in [0.717, 1.165) is 5.69 Å². The highest BCUT2D eigenvalue weighted by Gasteiger charge is 2.14. The van der Waals surface area contributed by atoms with Crippen molar-refractivity contribution in [3.8, 4) is 11.3 Å². The SMILES string of the molecule is CC(C)c1ccc(NC(=O)c2ccc(-c3ccc(Cl)cc3Cl)o2)cc1. The van der Waals surface area contributed by atoms with E-state index in [4.69, 9.17) is 27.6 Å². The molecular weight excluding hydrogens is 357 g/mol. The minimum atomic E-state index is -0.311. The molecule has 0 saturated carbocycles. The molecular formula is C20H17Cl2NO2. The standard InChI is InChI=1S/C20H17Cl2NO2/c1-12(2)13-3-6-15(7-4-13)23-20(24)19-10-9-18(25-19)16-8-5-14(21)11-17(16)22/h3-12H,1-2H3,(H,23,24). The van der Waals surface area contributed by atoms with Gasteiger partial charge in [-0.1, -0.05) is 49.2 Å². The molecule has 0 bridgehead atoms. The van der Waals surface area contributed by atoms with Crippen molar-refractivity contribution in [2.75, 3.05) is 5.32 Å². The Morgan fingerprint density at radius 1 is 1.00 bits per heavy atom. The number of anilines is 1. The molecule has 1 heterocycles. The number of benzene rings is 2. The molecule has 0 radical (unpaired) electrons. The fourth-order valence-electron chi connectivity index (χ4n) is 2.44.